The van der Waals surface area contributed by atoms with E-state index in [1.54, 1.807) is 36.4 Å². The van der Waals surface area contributed by atoms with Crippen LogP contribution in [0, 0.1) is 0 Å². The lowest BCUT2D eigenvalue weighted by Crippen LogP contribution is -2.32. The molecule has 0 aliphatic carbocycles. The van der Waals surface area contributed by atoms with Crippen LogP contribution in [-0.4, -0.2) is 24.6 Å². The summed E-state index contributed by atoms with van der Waals surface area (Å²) in [5.74, 6) is -0.641. The van der Waals surface area contributed by atoms with Crippen molar-refractivity contribution >= 4 is 51.2 Å². The molecular weight excluding hydrogens is 510 g/mol. The Morgan fingerprint density at radius 1 is 1.00 bits per heavy atom. The van der Waals surface area contributed by atoms with E-state index in [0.29, 0.717) is 41.0 Å². The van der Waals surface area contributed by atoms with E-state index < -0.39 is 11.8 Å². The Morgan fingerprint density at radius 2 is 1.79 bits per heavy atom. The maximum atomic E-state index is 12.0. The maximum absolute atomic E-state index is 12.0. The van der Waals surface area contributed by atoms with Crippen LogP contribution in [0.2, 0.25) is 5.02 Å². The van der Waals surface area contributed by atoms with Crippen molar-refractivity contribution in [3.8, 4) is 11.5 Å². The molecule has 170 valence electrons. The van der Waals surface area contributed by atoms with Crippen molar-refractivity contribution in [3.05, 3.63) is 87.4 Å². The van der Waals surface area contributed by atoms with E-state index in [-0.39, 0.29) is 0 Å². The van der Waals surface area contributed by atoms with Gasteiger partial charge in [-0.15, -0.1) is 0 Å². The van der Waals surface area contributed by atoms with Gasteiger partial charge in [0, 0.05) is 15.2 Å². The normalized spacial score (nSPS) is 10.6. The van der Waals surface area contributed by atoms with Gasteiger partial charge in [0.15, 0.2) is 11.5 Å². The number of amides is 2. The molecule has 7 nitrogen and oxygen atoms in total. The summed E-state index contributed by atoms with van der Waals surface area (Å²) in [4.78, 5) is 23.9. The first-order valence-electron chi connectivity index (χ1n) is 9.98. The third-order valence-electron chi connectivity index (χ3n) is 4.24. The highest BCUT2D eigenvalue weighted by Gasteiger charge is 2.13. The number of rotatable bonds is 8. The summed E-state index contributed by atoms with van der Waals surface area (Å²) in [6.45, 7) is 2.71. The Labute approximate surface area is 204 Å². The molecule has 9 heteroatoms. The van der Waals surface area contributed by atoms with Crippen molar-refractivity contribution in [2.45, 2.75) is 13.5 Å². The quantitative estimate of drug-likeness (QED) is 0.239. The molecule has 0 saturated heterocycles. The first kappa shape index (κ1) is 24.3. The Hall–Kier alpha value is -3.36. The molecule has 3 rings (SSSR count). The average molecular weight is 531 g/mol. The third kappa shape index (κ3) is 7.62. The molecule has 0 unspecified atom stereocenters. The number of carbonyl (C=O) groups excluding carboxylic acids is 2. The fourth-order valence-electron chi connectivity index (χ4n) is 2.70. The molecular formula is C24H21BrClN3O4. The van der Waals surface area contributed by atoms with Gasteiger partial charge in [-0.1, -0.05) is 45.7 Å². The van der Waals surface area contributed by atoms with E-state index in [2.05, 4.69) is 31.8 Å². The van der Waals surface area contributed by atoms with Crippen LogP contribution in [0.25, 0.3) is 0 Å². The molecule has 0 aliphatic heterocycles. The smallest absolute Gasteiger partial charge is 0.329 e. The summed E-state index contributed by atoms with van der Waals surface area (Å²) in [7, 11) is 0. The van der Waals surface area contributed by atoms with Crippen molar-refractivity contribution in [2.24, 2.45) is 5.10 Å². The van der Waals surface area contributed by atoms with Crippen molar-refractivity contribution in [1.82, 2.24) is 5.43 Å². The van der Waals surface area contributed by atoms with Gasteiger partial charge in [0.05, 0.1) is 12.8 Å². The van der Waals surface area contributed by atoms with E-state index in [9.17, 15) is 9.59 Å². The van der Waals surface area contributed by atoms with Crippen LogP contribution >= 0.6 is 27.5 Å². The fraction of sp³-hybridized carbons (Fsp3) is 0.125. The molecule has 0 fully saturated rings. The van der Waals surface area contributed by atoms with Crippen LogP contribution in [-0.2, 0) is 16.2 Å². The molecule has 0 atom stereocenters. The van der Waals surface area contributed by atoms with Gasteiger partial charge in [0.1, 0.15) is 6.61 Å². The fourth-order valence-corrected chi connectivity index (χ4v) is 3.16. The second kappa shape index (κ2) is 12.0. The van der Waals surface area contributed by atoms with Gasteiger partial charge in [0.25, 0.3) is 0 Å². The largest absolute Gasteiger partial charge is 0.490 e. The summed E-state index contributed by atoms with van der Waals surface area (Å²) in [5.41, 5.74) is 4.28. The van der Waals surface area contributed by atoms with Gasteiger partial charge in [-0.25, -0.2) is 5.43 Å². The van der Waals surface area contributed by atoms with Crippen LogP contribution in [0.5, 0.6) is 11.5 Å². The summed E-state index contributed by atoms with van der Waals surface area (Å²) in [5, 5.41) is 6.73. The molecule has 0 spiro atoms. The van der Waals surface area contributed by atoms with Crippen molar-refractivity contribution in [2.75, 3.05) is 11.9 Å². The number of hydrazone groups is 1. The first-order valence-corrected chi connectivity index (χ1v) is 11.2. The maximum Gasteiger partial charge on any atom is 0.329 e. The highest BCUT2D eigenvalue weighted by molar-refractivity contribution is 9.10. The summed E-state index contributed by atoms with van der Waals surface area (Å²) >= 11 is 9.28. The average Bonchev–Trinajstić information content (AvgIpc) is 2.80. The standard InChI is InChI=1S/C24H21BrClN3O4/c1-2-32-22-12-17(8-11-21(22)33-15-16-6-9-18(25)10-7-16)14-27-29-24(31)23(30)28-20-5-3-4-19(26)13-20/h3-14H,2,15H2,1H3,(H,28,30)(H,29,31)/b27-14-. The zero-order valence-corrected chi connectivity index (χ0v) is 20.0. The van der Waals surface area contributed by atoms with Crippen molar-refractivity contribution in [3.63, 3.8) is 0 Å². The lowest BCUT2D eigenvalue weighted by Gasteiger charge is -2.12. The number of nitrogens with zero attached hydrogens (tertiary/aromatic N) is 1. The predicted octanol–water partition coefficient (Wildman–Crippen LogP) is 5.17. The van der Waals surface area contributed by atoms with Crippen molar-refractivity contribution < 1.29 is 19.1 Å². The Balaban J connectivity index is 1.59. The minimum absolute atomic E-state index is 0.387. The van der Waals surface area contributed by atoms with Gasteiger partial charge >= 0.3 is 11.8 Å². The second-order valence-corrected chi connectivity index (χ2v) is 8.07. The summed E-state index contributed by atoms with van der Waals surface area (Å²) in [6.07, 6.45) is 1.41. The van der Waals surface area contributed by atoms with E-state index in [1.807, 2.05) is 31.2 Å². The lowest BCUT2D eigenvalue weighted by molar-refractivity contribution is -0.136. The number of halogens is 2. The molecule has 2 amide bonds. The second-order valence-electron chi connectivity index (χ2n) is 6.72. The first-order chi connectivity index (χ1) is 15.9. The zero-order valence-electron chi connectivity index (χ0n) is 17.7. The van der Waals surface area contributed by atoms with Crippen LogP contribution < -0.4 is 20.2 Å². The SMILES string of the molecule is CCOc1cc(/C=N\NC(=O)C(=O)Nc2cccc(Cl)c2)ccc1OCc1ccc(Br)cc1. The highest BCUT2D eigenvalue weighted by atomic mass is 79.9. The summed E-state index contributed by atoms with van der Waals surface area (Å²) in [6, 6.07) is 19.6. The van der Waals surface area contributed by atoms with E-state index >= 15 is 0 Å². The minimum atomic E-state index is -0.911. The number of hydrogen-bond donors (Lipinski definition) is 2. The monoisotopic (exact) mass is 529 g/mol. The van der Waals surface area contributed by atoms with Crippen LogP contribution in [0.1, 0.15) is 18.1 Å². The number of hydrogen-bond acceptors (Lipinski definition) is 5. The molecule has 33 heavy (non-hydrogen) atoms. The van der Waals surface area contributed by atoms with Gasteiger partial charge in [-0.2, -0.15) is 5.10 Å². The molecule has 0 bridgehead atoms. The number of benzene rings is 3. The Kier molecular flexibility index (Phi) is 8.86. The highest BCUT2D eigenvalue weighted by Crippen LogP contribution is 2.29. The number of nitrogens with one attached hydrogen (secondary N) is 2. The molecule has 0 radical (unpaired) electrons. The summed E-state index contributed by atoms with van der Waals surface area (Å²) < 4.78 is 12.6. The molecule has 0 saturated carbocycles. The molecule has 2 N–H and O–H groups in total. The number of anilines is 1. The van der Waals surface area contributed by atoms with Crippen molar-refractivity contribution in [1.29, 1.82) is 0 Å². The topological polar surface area (TPSA) is 89.0 Å². The van der Waals surface area contributed by atoms with E-state index in [4.69, 9.17) is 21.1 Å². The number of carbonyl (C=O) groups is 2. The molecule has 3 aromatic carbocycles. The van der Waals surface area contributed by atoms with Crippen LogP contribution in [0.3, 0.4) is 0 Å². The minimum Gasteiger partial charge on any atom is -0.490 e. The van der Waals surface area contributed by atoms with Gasteiger partial charge < -0.3 is 14.8 Å². The number of ether oxygens (including phenoxy) is 2. The molecule has 3 aromatic rings. The predicted molar refractivity (Wildman–Crippen MR) is 132 cm³/mol. The molecule has 0 aliphatic rings. The van der Waals surface area contributed by atoms with E-state index in [1.165, 1.54) is 12.3 Å². The van der Waals surface area contributed by atoms with Gasteiger partial charge in [-0.05, 0) is 66.6 Å². The van der Waals surface area contributed by atoms with Crippen LogP contribution in [0.15, 0.2) is 76.3 Å². The Bertz CT molecular complexity index is 1150. The lowest BCUT2D eigenvalue weighted by atomic mass is 10.2. The molecule has 0 aromatic heterocycles. The Morgan fingerprint density at radius 3 is 2.52 bits per heavy atom. The van der Waals surface area contributed by atoms with Crippen LogP contribution in [0.4, 0.5) is 5.69 Å². The zero-order chi connectivity index (χ0) is 23.6. The molecule has 0 heterocycles. The van der Waals surface area contributed by atoms with Gasteiger partial charge in [-0.3, -0.25) is 9.59 Å². The third-order valence-corrected chi connectivity index (χ3v) is 5.01. The van der Waals surface area contributed by atoms with E-state index in [0.717, 1.165) is 10.0 Å². The van der Waals surface area contributed by atoms with Gasteiger partial charge in [0.2, 0.25) is 0 Å².